The number of rotatable bonds is 5. The first kappa shape index (κ1) is 18.5. The summed E-state index contributed by atoms with van der Waals surface area (Å²) in [4.78, 5) is 35.6. The topological polar surface area (TPSA) is 84.5 Å². The Kier molecular flexibility index (Phi) is 6.14. The quantitative estimate of drug-likeness (QED) is 0.803. The summed E-state index contributed by atoms with van der Waals surface area (Å²) in [5, 5.41) is 5.35. The summed E-state index contributed by atoms with van der Waals surface area (Å²) in [7, 11) is 1.26. The van der Waals surface area contributed by atoms with E-state index < -0.39 is 11.9 Å². The molecule has 0 saturated carbocycles. The molecule has 0 saturated heterocycles. The molecule has 0 atom stereocenters. The Morgan fingerprint density at radius 1 is 1.08 bits per heavy atom. The van der Waals surface area contributed by atoms with Crippen molar-refractivity contribution in [2.45, 2.75) is 6.92 Å². The van der Waals surface area contributed by atoms with E-state index in [1.165, 1.54) is 25.3 Å². The first-order chi connectivity index (χ1) is 11.9. The molecule has 2 rings (SSSR count). The summed E-state index contributed by atoms with van der Waals surface area (Å²) in [6.45, 7) is 1.64. The fourth-order valence-corrected chi connectivity index (χ4v) is 2.27. The fraction of sp³-hybridized carbons (Fsp3) is 0.167. The Morgan fingerprint density at radius 2 is 1.84 bits per heavy atom. The van der Waals surface area contributed by atoms with Gasteiger partial charge in [0.05, 0.1) is 29.9 Å². The van der Waals surface area contributed by atoms with E-state index >= 15 is 0 Å². The van der Waals surface area contributed by atoms with Crippen molar-refractivity contribution in [1.82, 2.24) is 5.32 Å². The van der Waals surface area contributed by atoms with Gasteiger partial charge in [-0.3, -0.25) is 9.59 Å². The van der Waals surface area contributed by atoms with Crippen LogP contribution in [-0.2, 0) is 9.53 Å². The molecule has 0 bridgehead atoms. The molecule has 2 aromatic carbocycles. The minimum Gasteiger partial charge on any atom is -0.465 e. The van der Waals surface area contributed by atoms with Crippen LogP contribution in [0.4, 0.5) is 5.69 Å². The van der Waals surface area contributed by atoms with E-state index in [9.17, 15) is 14.4 Å². The summed E-state index contributed by atoms with van der Waals surface area (Å²) in [6, 6.07) is 11.4. The summed E-state index contributed by atoms with van der Waals surface area (Å²) in [5.74, 6) is -1.36. The molecule has 0 unspecified atom stereocenters. The van der Waals surface area contributed by atoms with Gasteiger partial charge in [-0.15, -0.1) is 0 Å². The number of carbonyl (C=O) groups excluding carboxylic acids is 3. The average Bonchev–Trinajstić information content (AvgIpc) is 2.60. The van der Waals surface area contributed by atoms with Crippen LogP contribution in [0.3, 0.4) is 0 Å². The maximum Gasteiger partial charge on any atom is 0.337 e. The van der Waals surface area contributed by atoms with Gasteiger partial charge in [-0.2, -0.15) is 0 Å². The fourth-order valence-electron chi connectivity index (χ4n) is 2.11. The molecule has 2 aromatic rings. The largest absolute Gasteiger partial charge is 0.465 e. The monoisotopic (exact) mass is 360 g/mol. The van der Waals surface area contributed by atoms with E-state index in [0.717, 1.165) is 5.56 Å². The number of hydrogen-bond acceptors (Lipinski definition) is 4. The van der Waals surface area contributed by atoms with Crippen molar-refractivity contribution in [2.24, 2.45) is 0 Å². The van der Waals surface area contributed by atoms with Crippen LogP contribution in [0.15, 0.2) is 42.5 Å². The number of ether oxygens (including phenoxy) is 1. The second-order valence-electron chi connectivity index (χ2n) is 5.29. The highest BCUT2D eigenvalue weighted by Gasteiger charge is 2.12. The van der Waals surface area contributed by atoms with Gasteiger partial charge in [-0.1, -0.05) is 29.3 Å². The normalized spacial score (nSPS) is 10.0. The molecule has 0 spiro atoms. The molecule has 2 N–H and O–H groups in total. The van der Waals surface area contributed by atoms with Gasteiger partial charge in [0.1, 0.15) is 0 Å². The standard InChI is InChI=1S/C18H17ClN2O4/c1-11-4-3-5-12(8-11)17(23)20-10-16(22)21-15-9-13(18(24)25-2)6-7-14(15)19/h3-9H,10H2,1-2H3,(H,20,23)(H,21,22). The van der Waals surface area contributed by atoms with Crippen LogP contribution in [0.2, 0.25) is 5.02 Å². The smallest absolute Gasteiger partial charge is 0.337 e. The molecule has 0 aliphatic rings. The molecule has 0 aliphatic carbocycles. The Bertz CT molecular complexity index is 820. The van der Waals surface area contributed by atoms with Gasteiger partial charge < -0.3 is 15.4 Å². The molecule has 130 valence electrons. The number of methoxy groups -OCH3 is 1. The molecule has 0 fully saturated rings. The number of aryl methyl sites for hydroxylation is 1. The highest BCUT2D eigenvalue weighted by molar-refractivity contribution is 6.33. The zero-order valence-corrected chi connectivity index (χ0v) is 14.5. The van der Waals surface area contributed by atoms with E-state index in [-0.39, 0.29) is 28.7 Å². The van der Waals surface area contributed by atoms with Crippen LogP contribution in [0.25, 0.3) is 0 Å². The Labute approximate surface area is 150 Å². The Hall–Kier alpha value is -2.86. The van der Waals surface area contributed by atoms with Crippen LogP contribution in [0, 0.1) is 6.92 Å². The number of anilines is 1. The lowest BCUT2D eigenvalue weighted by atomic mass is 10.1. The lowest BCUT2D eigenvalue weighted by Gasteiger charge is -2.10. The third-order valence-electron chi connectivity index (χ3n) is 3.35. The van der Waals surface area contributed by atoms with Gasteiger partial charge in [0.25, 0.3) is 5.91 Å². The first-order valence-electron chi connectivity index (χ1n) is 7.43. The van der Waals surface area contributed by atoms with Crippen LogP contribution in [-0.4, -0.2) is 31.4 Å². The van der Waals surface area contributed by atoms with E-state index in [2.05, 4.69) is 15.4 Å². The predicted molar refractivity (Wildman–Crippen MR) is 94.9 cm³/mol. The van der Waals surface area contributed by atoms with Crippen molar-refractivity contribution in [3.05, 3.63) is 64.2 Å². The summed E-state index contributed by atoms with van der Waals surface area (Å²) >= 11 is 6.01. The summed E-state index contributed by atoms with van der Waals surface area (Å²) < 4.78 is 4.62. The average molecular weight is 361 g/mol. The van der Waals surface area contributed by atoms with Crippen molar-refractivity contribution in [1.29, 1.82) is 0 Å². The highest BCUT2D eigenvalue weighted by atomic mass is 35.5. The second-order valence-corrected chi connectivity index (χ2v) is 5.69. The van der Waals surface area contributed by atoms with Crippen LogP contribution >= 0.6 is 11.6 Å². The van der Waals surface area contributed by atoms with E-state index in [1.807, 2.05) is 13.0 Å². The molecular weight excluding hydrogens is 344 g/mol. The number of amides is 2. The van der Waals surface area contributed by atoms with Crippen molar-refractivity contribution in [3.8, 4) is 0 Å². The molecule has 0 radical (unpaired) electrons. The van der Waals surface area contributed by atoms with Crippen molar-refractivity contribution < 1.29 is 19.1 Å². The van der Waals surface area contributed by atoms with Gasteiger partial charge in [0.15, 0.2) is 0 Å². The minimum atomic E-state index is -0.542. The maximum absolute atomic E-state index is 12.0. The van der Waals surface area contributed by atoms with Gasteiger partial charge in [0, 0.05) is 5.56 Å². The van der Waals surface area contributed by atoms with E-state index in [1.54, 1.807) is 18.2 Å². The van der Waals surface area contributed by atoms with E-state index in [0.29, 0.717) is 5.56 Å². The first-order valence-corrected chi connectivity index (χ1v) is 7.81. The molecule has 7 heteroatoms. The van der Waals surface area contributed by atoms with Crippen LogP contribution in [0.5, 0.6) is 0 Å². The Balaban J connectivity index is 1.98. The Morgan fingerprint density at radius 3 is 2.52 bits per heavy atom. The van der Waals surface area contributed by atoms with Gasteiger partial charge in [-0.25, -0.2) is 4.79 Å². The molecular formula is C18H17ClN2O4. The minimum absolute atomic E-state index is 0.231. The summed E-state index contributed by atoms with van der Waals surface area (Å²) in [6.07, 6.45) is 0. The third-order valence-corrected chi connectivity index (χ3v) is 3.68. The molecule has 0 heterocycles. The zero-order valence-electron chi connectivity index (χ0n) is 13.8. The van der Waals surface area contributed by atoms with Crippen LogP contribution < -0.4 is 10.6 Å². The van der Waals surface area contributed by atoms with Gasteiger partial charge in [-0.05, 0) is 37.3 Å². The SMILES string of the molecule is COC(=O)c1ccc(Cl)c(NC(=O)CNC(=O)c2cccc(C)c2)c1. The van der Waals surface area contributed by atoms with E-state index in [4.69, 9.17) is 11.6 Å². The number of benzene rings is 2. The molecule has 25 heavy (non-hydrogen) atoms. The number of hydrogen-bond donors (Lipinski definition) is 2. The lowest BCUT2D eigenvalue weighted by Crippen LogP contribution is -2.33. The number of carbonyl (C=O) groups is 3. The van der Waals surface area contributed by atoms with Crippen molar-refractivity contribution in [2.75, 3.05) is 19.0 Å². The third kappa shape index (κ3) is 5.06. The maximum atomic E-state index is 12.0. The number of halogens is 1. The lowest BCUT2D eigenvalue weighted by molar-refractivity contribution is -0.115. The number of esters is 1. The molecule has 0 aliphatic heterocycles. The van der Waals surface area contributed by atoms with Crippen molar-refractivity contribution >= 4 is 35.1 Å². The second kappa shape index (κ2) is 8.30. The molecule has 0 aromatic heterocycles. The van der Waals surface area contributed by atoms with Gasteiger partial charge in [0.2, 0.25) is 5.91 Å². The number of nitrogens with one attached hydrogen (secondary N) is 2. The summed E-state index contributed by atoms with van der Waals surface area (Å²) in [5.41, 5.74) is 1.94. The van der Waals surface area contributed by atoms with Crippen molar-refractivity contribution in [3.63, 3.8) is 0 Å². The molecule has 2 amide bonds. The predicted octanol–water partition coefficient (Wildman–Crippen LogP) is 2.80. The zero-order chi connectivity index (χ0) is 18.4. The van der Waals surface area contributed by atoms with Gasteiger partial charge >= 0.3 is 5.97 Å². The van der Waals surface area contributed by atoms with Crippen LogP contribution in [0.1, 0.15) is 26.3 Å². The molecule has 6 nitrogen and oxygen atoms in total. The highest BCUT2D eigenvalue weighted by Crippen LogP contribution is 2.23.